The van der Waals surface area contributed by atoms with E-state index in [0.717, 1.165) is 17.5 Å². The van der Waals surface area contributed by atoms with Crippen molar-refractivity contribution in [2.45, 2.75) is 58.4 Å². The summed E-state index contributed by atoms with van der Waals surface area (Å²) in [5.74, 6) is 0. The first kappa shape index (κ1) is 21.1. The van der Waals surface area contributed by atoms with Crippen molar-refractivity contribution in [2.24, 2.45) is 0 Å². The van der Waals surface area contributed by atoms with Crippen LogP contribution in [-0.4, -0.2) is 27.4 Å². The highest BCUT2D eigenvalue weighted by Gasteiger charge is 2.37. The van der Waals surface area contributed by atoms with Gasteiger partial charge in [-0.1, -0.05) is 103 Å². The van der Waals surface area contributed by atoms with Gasteiger partial charge in [-0.05, 0) is 24.6 Å². The molecule has 0 saturated heterocycles. The van der Waals surface area contributed by atoms with E-state index in [-0.39, 0.29) is 5.04 Å². The van der Waals surface area contributed by atoms with Crippen LogP contribution in [0.3, 0.4) is 0 Å². The van der Waals surface area contributed by atoms with E-state index in [1.54, 1.807) is 5.20 Å². The predicted octanol–water partition coefficient (Wildman–Crippen LogP) is 5.91. The normalized spacial score (nSPS) is 14.2. The first-order valence-corrected chi connectivity index (χ1v) is 15.9. The lowest BCUT2D eigenvalue weighted by Gasteiger charge is -2.37. The minimum absolute atomic E-state index is 0.284. The molecule has 0 radical (unpaired) electrons. The second-order valence-corrected chi connectivity index (χ2v) is 18.4. The van der Waals surface area contributed by atoms with Gasteiger partial charge >= 0.3 is 0 Å². The van der Waals surface area contributed by atoms with Crippen molar-refractivity contribution >= 4 is 44.2 Å². The van der Waals surface area contributed by atoms with Crippen molar-refractivity contribution in [3.05, 3.63) is 41.6 Å². The Morgan fingerprint density at radius 1 is 1.09 bits per heavy atom. The van der Waals surface area contributed by atoms with Crippen LogP contribution >= 0.6 is 22.6 Å². The van der Waals surface area contributed by atoms with Gasteiger partial charge in [0.25, 0.3) is 0 Å². The van der Waals surface area contributed by atoms with Gasteiger partial charge in [-0.15, -0.1) is 0 Å². The third kappa shape index (κ3) is 5.83. The number of allylic oxidation sites excluding steroid dienone is 1. The lowest BCUT2D eigenvalue weighted by molar-refractivity contribution is 0.293. The maximum Gasteiger partial charge on any atom is 0.191 e. The summed E-state index contributed by atoms with van der Waals surface area (Å²) in [5.41, 5.74) is 0. The molecule has 0 bridgehead atoms. The van der Waals surface area contributed by atoms with E-state index in [1.165, 1.54) is 5.19 Å². The van der Waals surface area contributed by atoms with E-state index in [2.05, 4.69) is 106 Å². The van der Waals surface area contributed by atoms with Gasteiger partial charge in [-0.25, -0.2) is 0 Å². The topological polar surface area (TPSA) is 9.23 Å². The quantitative estimate of drug-likeness (QED) is 0.279. The van der Waals surface area contributed by atoms with Gasteiger partial charge in [0.1, 0.15) is 8.07 Å². The van der Waals surface area contributed by atoms with Gasteiger partial charge in [0.2, 0.25) is 0 Å². The van der Waals surface area contributed by atoms with Crippen molar-refractivity contribution in [3.63, 3.8) is 0 Å². The fraction of sp³-hybridized carbons (Fsp3) is 0.579. The Hall–Kier alpha value is 0.0838. The molecule has 0 spiro atoms. The molecule has 0 N–H and O–H groups in total. The van der Waals surface area contributed by atoms with Crippen molar-refractivity contribution in [3.8, 4) is 0 Å². The van der Waals surface area contributed by atoms with Crippen molar-refractivity contribution in [2.75, 3.05) is 11.0 Å². The van der Waals surface area contributed by atoms with Gasteiger partial charge in [0, 0.05) is 11.0 Å². The highest BCUT2D eigenvalue weighted by molar-refractivity contribution is 14.1. The van der Waals surface area contributed by atoms with Crippen molar-refractivity contribution in [1.29, 1.82) is 0 Å². The smallest absolute Gasteiger partial charge is 0.191 e. The van der Waals surface area contributed by atoms with Gasteiger partial charge in [-0.3, -0.25) is 0 Å². The van der Waals surface area contributed by atoms with E-state index in [4.69, 9.17) is 4.43 Å². The maximum absolute atomic E-state index is 6.42. The SMILES string of the molecule is CC(C)(C)[Si](C)(C)OCC/C(=C\CI)[Si](C)(C)c1ccccc1. The summed E-state index contributed by atoms with van der Waals surface area (Å²) in [7, 11) is -3.23. The molecule has 130 valence electrons. The first-order valence-electron chi connectivity index (χ1n) is 8.47. The third-order valence-electron chi connectivity index (χ3n) is 5.26. The molecule has 0 fully saturated rings. The Kier molecular flexibility index (Phi) is 7.76. The van der Waals surface area contributed by atoms with Crippen LogP contribution in [0.1, 0.15) is 27.2 Å². The molecule has 0 heterocycles. The van der Waals surface area contributed by atoms with E-state index < -0.39 is 16.4 Å². The third-order valence-corrected chi connectivity index (χ3v) is 14.1. The largest absolute Gasteiger partial charge is 0.417 e. The molecule has 0 aliphatic heterocycles. The van der Waals surface area contributed by atoms with Crippen LogP contribution in [-0.2, 0) is 4.43 Å². The van der Waals surface area contributed by atoms with Crippen molar-refractivity contribution in [1.82, 2.24) is 0 Å². The molecule has 1 aromatic rings. The standard InChI is InChI=1S/C19H33IOSi2/c1-19(2,3)23(6,7)21-16-14-18(13-15-20)22(4,5)17-11-9-8-10-12-17/h8-13H,14-16H2,1-7H3/b18-13+. The molecular formula is C19H33IOSi2. The van der Waals surface area contributed by atoms with Crippen LogP contribution in [0.4, 0.5) is 0 Å². The summed E-state index contributed by atoms with van der Waals surface area (Å²) in [6.45, 7) is 17.4. The van der Waals surface area contributed by atoms with E-state index >= 15 is 0 Å². The minimum Gasteiger partial charge on any atom is -0.417 e. The Bertz CT molecular complexity index is 516. The number of rotatable bonds is 7. The molecule has 23 heavy (non-hydrogen) atoms. The van der Waals surface area contributed by atoms with Crippen LogP contribution in [0.15, 0.2) is 41.6 Å². The van der Waals surface area contributed by atoms with E-state index in [1.807, 2.05) is 0 Å². The van der Waals surface area contributed by atoms with Gasteiger partial charge in [0.05, 0.1) is 0 Å². The number of benzene rings is 1. The fourth-order valence-corrected chi connectivity index (χ4v) is 7.16. The zero-order valence-corrected chi connectivity index (χ0v) is 20.0. The van der Waals surface area contributed by atoms with Gasteiger partial charge in [-0.2, -0.15) is 0 Å². The Morgan fingerprint density at radius 3 is 2.13 bits per heavy atom. The Morgan fingerprint density at radius 2 is 1.65 bits per heavy atom. The monoisotopic (exact) mass is 460 g/mol. The molecule has 0 aliphatic carbocycles. The average molecular weight is 461 g/mol. The number of hydrogen-bond acceptors (Lipinski definition) is 1. The number of hydrogen-bond donors (Lipinski definition) is 0. The number of alkyl halides is 1. The summed E-state index contributed by atoms with van der Waals surface area (Å²) in [6, 6.07) is 11.0. The highest BCUT2D eigenvalue weighted by Crippen LogP contribution is 2.36. The lowest BCUT2D eigenvalue weighted by atomic mass is 10.2. The minimum atomic E-state index is -1.65. The van der Waals surface area contributed by atoms with Crippen LogP contribution in [0.5, 0.6) is 0 Å². The zero-order valence-electron chi connectivity index (χ0n) is 15.9. The van der Waals surface area contributed by atoms with Gasteiger partial charge in [0.15, 0.2) is 8.32 Å². The molecule has 1 aromatic carbocycles. The molecule has 0 atom stereocenters. The summed E-state index contributed by atoms with van der Waals surface area (Å²) >= 11 is 2.46. The Balaban J connectivity index is 2.84. The molecular weight excluding hydrogens is 427 g/mol. The maximum atomic E-state index is 6.42. The van der Waals surface area contributed by atoms with Crippen LogP contribution < -0.4 is 5.19 Å². The van der Waals surface area contributed by atoms with Gasteiger partial charge < -0.3 is 4.43 Å². The van der Waals surface area contributed by atoms with Crippen molar-refractivity contribution < 1.29 is 4.43 Å². The van der Waals surface area contributed by atoms with Crippen LogP contribution in [0.25, 0.3) is 0 Å². The molecule has 1 nitrogen and oxygen atoms in total. The molecule has 0 amide bonds. The van der Waals surface area contributed by atoms with Crippen LogP contribution in [0.2, 0.25) is 31.2 Å². The Labute approximate surface area is 159 Å². The first-order chi connectivity index (χ1) is 10.5. The zero-order chi connectivity index (χ0) is 17.7. The summed E-state index contributed by atoms with van der Waals surface area (Å²) in [5, 5.41) is 3.42. The molecule has 0 aliphatic rings. The second-order valence-electron chi connectivity index (χ2n) is 8.23. The second kappa shape index (κ2) is 8.45. The molecule has 0 aromatic heterocycles. The van der Waals surface area contributed by atoms with E-state index in [9.17, 15) is 0 Å². The molecule has 0 unspecified atom stereocenters. The van der Waals surface area contributed by atoms with Crippen LogP contribution in [0, 0.1) is 0 Å². The highest BCUT2D eigenvalue weighted by atomic mass is 127. The lowest BCUT2D eigenvalue weighted by Crippen LogP contribution is -2.45. The summed E-state index contributed by atoms with van der Waals surface area (Å²) < 4.78 is 7.50. The fourth-order valence-electron chi connectivity index (χ4n) is 2.44. The predicted molar refractivity (Wildman–Crippen MR) is 118 cm³/mol. The summed E-state index contributed by atoms with van der Waals surface area (Å²) in [4.78, 5) is 0. The number of halogens is 1. The molecule has 0 saturated carbocycles. The average Bonchev–Trinajstić information content (AvgIpc) is 2.46. The molecule has 1 rings (SSSR count). The summed E-state index contributed by atoms with van der Waals surface area (Å²) in [6.07, 6.45) is 3.51. The van der Waals surface area contributed by atoms with E-state index in [0.29, 0.717) is 0 Å². The molecule has 4 heteroatoms.